The Morgan fingerprint density at radius 1 is 1.41 bits per heavy atom. The highest BCUT2D eigenvalue weighted by molar-refractivity contribution is 5.91. The molecule has 0 spiro atoms. The lowest BCUT2D eigenvalue weighted by atomic mass is 9.78. The second-order valence-corrected chi connectivity index (χ2v) is 6.17. The molecule has 8 nitrogen and oxygen atoms in total. The third-order valence-electron chi connectivity index (χ3n) is 4.73. The molecule has 144 valence electrons. The third kappa shape index (κ3) is 4.16. The third-order valence-corrected chi connectivity index (χ3v) is 4.73. The quantitative estimate of drug-likeness (QED) is 0.444. The zero-order valence-electron chi connectivity index (χ0n) is 15.8. The summed E-state index contributed by atoms with van der Waals surface area (Å²) in [7, 11) is 1.80. The smallest absolute Gasteiger partial charge is 0.334 e. The maximum Gasteiger partial charge on any atom is 0.334 e. The minimum Gasteiger partial charge on any atom is -0.478 e. The lowest BCUT2D eigenvalue weighted by molar-refractivity contribution is -0.384. The summed E-state index contributed by atoms with van der Waals surface area (Å²) in [4.78, 5) is 29.5. The van der Waals surface area contributed by atoms with Gasteiger partial charge in [-0.3, -0.25) is 10.1 Å². The van der Waals surface area contributed by atoms with Gasteiger partial charge in [0.2, 0.25) is 0 Å². The number of carbonyl (C=O) groups is 1. The van der Waals surface area contributed by atoms with Crippen molar-refractivity contribution in [3.63, 3.8) is 0 Å². The van der Waals surface area contributed by atoms with Crippen molar-refractivity contribution in [2.75, 3.05) is 13.7 Å². The molecule has 1 aromatic rings. The van der Waals surface area contributed by atoms with Crippen molar-refractivity contribution >= 4 is 17.9 Å². The van der Waals surface area contributed by atoms with Crippen LogP contribution in [0, 0.1) is 10.1 Å². The van der Waals surface area contributed by atoms with Gasteiger partial charge in [0.05, 0.1) is 10.5 Å². The molecule has 1 aromatic carbocycles. The predicted molar refractivity (Wildman–Crippen MR) is 101 cm³/mol. The molecule has 1 heterocycles. The molecule has 2 rings (SSSR count). The number of carboxylic acid groups (broad SMARTS) is 1. The van der Waals surface area contributed by atoms with E-state index in [9.17, 15) is 20.0 Å². The van der Waals surface area contributed by atoms with Gasteiger partial charge in [-0.05, 0) is 31.9 Å². The summed E-state index contributed by atoms with van der Waals surface area (Å²) in [6.07, 6.45) is 1.95. The van der Waals surface area contributed by atoms with Crippen LogP contribution in [-0.4, -0.2) is 40.8 Å². The van der Waals surface area contributed by atoms with Gasteiger partial charge in [-0.1, -0.05) is 17.3 Å². The van der Waals surface area contributed by atoms with Crippen LogP contribution in [0.2, 0.25) is 0 Å². The van der Waals surface area contributed by atoms with E-state index < -0.39 is 16.8 Å². The second kappa shape index (κ2) is 8.48. The Morgan fingerprint density at radius 3 is 2.70 bits per heavy atom. The number of nitrogens with zero attached hydrogens (tertiary/aromatic N) is 3. The van der Waals surface area contributed by atoms with Crippen molar-refractivity contribution in [3.8, 4) is 0 Å². The average Bonchev–Trinajstić information content (AvgIpc) is 2.64. The Kier molecular flexibility index (Phi) is 6.33. The minimum absolute atomic E-state index is 0.0752. The molecule has 0 amide bonds. The molecule has 0 radical (unpaired) electrons. The fourth-order valence-corrected chi connectivity index (χ4v) is 3.23. The molecule has 8 heteroatoms. The van der Waals surface area contributed by atoms with E-state index in [1.54, 1.807) is 32.3 Å². The van der Waals surface area contributed by atoms with Crippen molar-refractivity contribution in [2.24, 2.45) is 5.16 Å². The average molecular weight is 373 g/mol. The molecule has 0 aromatic heterocycles. The van der Waals surface area contributed by atoms with Gasteiger partial charge in [0, 0.05) is 49.1 Å². The maximum atomic E-state index is 12.0. The van der Waals surface area contributed by atoms with Crippen LogP contribution < -0.4 is 0 Å². The van der Waals surface area contributed by atoms with Crippen molar-refractivity contribution in [1.82, 2.24) is 4.90 Å². The number of allylic oxidation sites excluding steroid dienone is 3. The normalized spacial score (nSPS) is 17.6. The number of hydrogen-bond acceptors (Lipinski definition) is 6. The summed E-state index contributed by atoms with van der Waals surface area (Å²) >= 11 is 0. The number of carboxylic acids is 1. The van der Waals surface area contributed by atoms with Gasteiger partial charge in [0.15, 0.2) is 0 Å². The molecule has 27 heavy (non-hydrogen) atoms. The molecule has 1 atom stereocenters. The Labute approximate surface area is 157 Å². The zero-order valence-corrected chi connectivity index (χ0v) is 15.8. The van der Waals surface area contributed by atoms with Gasteiger partial charge < -0.3 is 14.8 Å². The van der Waals surface area contributed by atoms with Crippen molar-refractivity contribution in [2.45, 2.75) is 33.1 Å². The summed E-state index contributed by atoms with van der Waals surface area (Å²) in [5, 5.41) is 24.9. The van der Waals surface area contributed by atoms with E-state index in [2.05, 4.69) is 5.16 Å². The fourth-order valence-electron chi connectivity index (χ4n) is 3.23. The largest absolute Gasteiger partial charge is 0.478 e. The fraction of sp³-hybridized carbons (Fsp3) is 0.368. The van der Waals surface area contributed by atoms with Crippen LogP contribution >= 0.6 is 0 Å². The highest BCUT2D eigenvalue weighted by atomic mass is 16.6. The van der Waals surface area contributed by atoms with Crippen LogP contribution in [-0.2, 0) is 9.63 Å². The zero-order chi connectivity index (χ0) is 20.1. The van der Waals surface area contributed by atoms with Crippen LogP contribution in [0.15, 0.2) is 52.0 Å². The van der Waals surface area contributed by atoms with Crippen LogP contribution in [0.1, 0.15) is 38.7 Å². The molecule has 1 aliphatic heterocycles. The molecule has 1 N–H and O–H groups in total. The Balaban J connectivity index is 2.62. The van der Waals surface area contributed by atoms with Gasteiger partial charge in [0.1, 0.15) is 6.61 Å². The first-order valence-electron chi connectivity index (χ1n) is 8.55. The number of nitro benzene ring substituents is 1. The van der Waals surface area contributed by atoms with E-state index >= 15 is 0 Å². The molecule has 0 fully saturated rings. The van der Waals surface area contributed by atoms with Crippen molar-refractivity contribution < 1.29 is 19.7 Å². The molecule has 0 saturated heterocycles. The number of rotatable bonds is 7. The van der Waals surface area contributed by atoms with Crippen LogP contribution in [0.5, 0.6) is 0 Å². The Bertz CT molecular complexity index is 842. The molecule has 0 aliphatic carbocycles. The first-order valence-corrected chi connectivity index (χ1v) is 8.55. The summed E-state index contributed by atoms with van der Waals surface area (Å²) in [6, 6.07) is 6.11. The topological polar surface area (TPSA) is 105 Å². The number of benzene rings is 1. The van der Waals surface area contributed by atoms with E-state index in [0.717, 1.165) is 11.3 Å². The van der Waals surface area contributed by atoms with E-state index in [4.69, 9.17) is 4.84 Å². The van der Waals surface area contributed by atoms with E-state index in [1.165, 1.54) is 12.1 Å². The molecule has 0 saturated carbocycles. The highest BCUT2D eigenvalue weighted by Crippen LogP contribution is 2.43. The Hall–Kier alpha value is -3.16. The lowest BCUT2D eigenvalue weighted by Gasteiger charge is -2.36. The standard InChI is InChI=1S/C19H23N3O5/c1-5-27-20-10-9-16-12(2)21(4)13(3)17(19(23)24)18(16)14-7-6-8-15(11-14)22(25)26/h6-8,10-11,18H,5,9H2,1-4H3,(H,23,24). The number of non-ortho nitro benzene ring substituents is 1. The van der Waals surface area contributed by atoms with Crippen LogP contribution in [0.25, 0.3) is 0 Å². The minimum atomic E-state index is -1.05. The van der Waals surface area contributed by atoms with Crippen molar-refractivity contribution in [1.29, 1.82) is 0 Å². The molecule has 1 aliphatic rings. The maximum absolute atomic E-state index is 12.0. The van der Waals surface area contributed by atoms with Crippen LogP contribution in [0.3, 0.4) is 0 Å². The lowest BCUT2D eigenvalue weighted by Crippen LogP contribution is -2.29. The highest BCUT2D eigenvalue weighted by Gasteiger charge is 2.35. The Morgan fingerprint density at radius 2 is 2.11 bits per heavy atom. The number of aliphatic carboxylic acids is 1. The van der Waals surface area contributed by atoms with Gasteiger partial charge in [-0.2, -0.15) is 0 Å². The van der Waals surface area contributed by atoms with Crippen LogP contribution in [0.4, 0.5) is 5.69 Å². The second-order valence-electron chi connectivity index (χ2n) is 6.17. The van der Waals surface area contributed by atoms with E-state index in [0.29, 0.717) is 24.3 Å². The predicted octanol–water partition coefficient (Wildman–Crippen LogP) is 3.67. The molecule has 1 unspecified atom stereocenters. The summed E-state index contributed by atoms with van der Waals surface area (Å²) in [5.41, 5.74) is 2.98. The first-order chi connectivity index (χ1) is 12.8. The molecular formula is C19H23N3O5. The SMILES string of the molecule is CCON=CCC1=C(C)N(C)C(C)=C(C(=O)O)C1c1cccc([N+](=O)[O-])c1. The molecule has 0 bridgehead atoms. The first kappa shape index (κ1) is 20.2. The summed E-state index contributed by atoms with van der Waals surface area (Å²) < 4.78 is 0. The summed E-state index contributed by atoms with van der Waals surface area (Å²) in [5.74, 6) is -1.66. The van der Waals surface area contributed by atoms with E-state index in [-0.39, 0.29) is 11.3 Å². The van der Waals surface area contributed by atoms with Crippen molar-refractivity contribution in [3.05, 3.63) is 62.5 Å². The molecular weight excluding hydrogens is 350 g/mol. The number of oxime groups is 1. The number of nitro groups is 1. The van der Waals surface area contributed by atoms with Gasteiger partial charge in [0.25, 0.3) is 5.69 Å². The van der Waals surface area contributed by atoms with Gasteiger partial charge in [-0.25, -0.2) is 4.79 Å². The van der Waals surface area contributed by atoms with Gasteiger partial charge in [-0.15, -0.1) is 0 Å². The monoisotopic (exact) mass is 373 g/mol. The summed E-state index contributed by atoms with van der Waals surface area (Å²) in [6.45, 7) is 5.89. The number of hydrogen-bond donors (Lipinski definition) is 1. The van der Waals surface area contributed by atoms with Gasteiger partial charge >= 0.3 is 5.97 Å². The van der Waals surface area contributed by atoms with E-state index in [1.807, 2.05) is 18.7 Å².